The first kappa shape index (κ1) is 18.3. The van der Waals surface area contributed by atoms with Crippen LogP contribution in [0.15, 0.2) is 65.5 Å². The normalized spacial score (nSPS) is 14.7. The second kappa shape index (κ2) is 7.60. The van der Waals surface area contributed by atoms with Crippen LogP contribution in [0.1, 0.15) is 41.8 Å². The third-order valence-electron chi connectivity index (χ3n) is 5.87. The van der Waals surface area contributed by atoms with Gasteiger partial charge in [0, 0.05) is 16.5 Å². The summed E-state index contributed by atoms with van der Waals surface area (Å²) in [5.41, 5.74) is 3.61. The average Bonchev–Trinajstić information content (AvgIpc) is 3.13. The van der Waals surface area contributed by atoms with Crippen molar-refractivity contribution in [1.82, 2.24) is 9.55 Å². The molecule has 0 amide bonds. The Balaban J connectivity index is 1.73. The van der Waals surface area contributed by atoms with Gasteiger partial charge in [-0.3, -0.25) is 9.36 Å². The molecule has 0 spiro atoms. The molecule has 2 aromatic heterocycles. The molecule has 5 rings (SSSR count). The van der Waals surface area contributed by atoms with Crippen molar-refractivity contribution >= 4 is 21.6 Å². The van der Waals surface area contributed by atoms with Crippen molar-refractivity contribution in [2.24, 2.45) is 0 Å². The number of hydrogen-bond donors (Lipinski definition) is 0. The van der Waals surface area contributed by atoms with Crippen molar-refractivity contribution in [2.75, 3.05) is 0 Å². The Morgan fingerprint density at radius 1 is 1.00 bits per heavy atom. The molecular weight excluding hydrogens is 376 g/mol. The molecule has 0 radical (unpaired) electrons. The lowest BCUT2D eigenvalue weighted by atomic mass is 9.97. The number of rotatable bonds is 4. The van der Waals surface area contributed by atoms with Gasteiger partial charge in [-0.05, 0) is 50.2 Å². The van der Waals surface area contributed by atoms with Crippen LogP contribution < -0.4 is 5.56 Å². The molecule has 4 heteroatoms. The van der Waals surface area contributed by atoms with Crippen molar-refractivity contribution in [3.05, 3.63) is 87.0 Å². The minimum atomic E-state index is 0.0242. The van der Waals surface area contributed by atoms with Crippen molar-refractivity contribution in [3.8, 4) is 11.4 Å². The van der Waals surface area contributed by atoms with Gasteiger partial charge in [0.05, 0.1) is 5.39 Å². The molecule has 0 fully saturated rings. The van der Waals surface area contributed by atoms with E-state index in [9.17, 15) is 4.79 Å². The highest BCUT2D eigenvalue weighted by atomic mass is 32.1. The predicted molar refractivity (Wildman–Crippen MR) is 121 cm³/mol. The third kappa shape index (κ3) is 3.32. The molecule has 2 heterocycles. The summed E-state index contributed by atoms with van der Waals surface area (Å²) in [4.78, 5) is 21.1. The number of aryl methyl sites for hydroxylation is 2. The van der Waals surface area contributed by atoms with Crippen LogP contribution in [0.2, 0.25) is 0 Å². The van der Waals surface area contributed by atoms with Crippen LogP contribution in [0, 0.1) is 0 Å². The van der Waals surface area contributed by atoms with Gasteiger partial charge in [0.1, 0.15) is 10.7 Å². The molecule has 4 aromatic rings. The molecule has 3 nitrogen and oxygen atoms in total. The van der Waals surface area contributed by atoms with E-state index in [-0.39, 0.29) is 11.6 Å². The van der Waals surface area contributed by atoms with E-state index in [1.54, 1.807) is 11.3 Å². The smallest absolute Gasteiger partial charge is 0.263 e. The fourth-order valence-electron chi connectivity index (χ4n) is 4.46. The van der Waals surface area contributed by atoms with E-state index >= 15 is 0 Å². The summed E-state index contributed by atoms with van der Waals surface area (Å²) in [6, 6.07) is 20.5. The highest BCUT2D eigenvalue weighted by molar-refractivity contribution is 7.18. The molecule has 1 aliphatic rings. The first-order valence-electron chi connectivity index (χ1n) is 10.4. The molecule has 0 bridgehead atoms. The number of thiophene rings is 1. The summed E-state index contributed by atoms with van der Waals surface area (Å²) >= 11 is 1.72. The van der Waals surface area contributed by atoms with E-state index in [2.05, 4.69) is 31.2 Å². The lowest BCUT2D eigenvalue weighted by Gasteiger charge is -2.20. The molecule has 1 aliphatic carbocycles. The van der Waals surface area contributed by atoms with Crippen LogP contribution in [0.5, 0.6) is 0 Å². The second-order valence-corrected chi connectivity index (χ2v) is 8.99. The summed E-state index contributed by atoms with van der Waals surface area (Å²) < 4.78 is 1.94. The maximum Gasteiger partial charge on any atom is 0.263 e. The van der Waals surface area contributed by atoms with Crippen LogP contribution in [0.4, 0.5) is 0 Å². The number of fused-ring (bicyclic) bond motifs is 3. The fourth-order valence-corrected chi connectivity index (χ4v) is 5.72. The molecule has 0 aliphatic heterocycles. The van der Waals surface area contributed by atoms with Crippen LogP contribution >= 0.6 is 11.3 Å². The topological polar surface area (TPSA) is 34.9 Å². The third-order valence-corrected chi connectivity index (χ3v) is 7.05. The van der Waals surface area contributed by atoms with E-state index in [4.69, 9.17) is 4.98 Å². The largest absolute Gasteiger partial charge is 0.289 e. The number of nitrogens with zero attached hydrogens (tertiary/aromatic N) is 2. The zero-order valence-electron chi connectivity index (χ0n) is 16.6. The molecule has 146 valence electrons. The lowest BCUT2D eigenvalue weighted by Crippen LogP contribution is -2.27. The molecular formula is C25H24N2OS. The number of aromatic nitrogens is 2. The number of hydrogen-bond acceptors (Lipinski definition) is 3. The second-order valence-electron chi connectivity index (χ2n) is 7.91. The van der Waals surface area contributed by atoms with Crippen molar-refractivity contribution in [1.29, 1.82) is 0 Å². The predicted octanol–water partition coefficient (Wildman–Crippen LogP) is 5.81. The quantitative estimate of drug-likeness (QED) is 0.433. The molecule has 2 aromatic carbocycles. The van der Waals surface area contributed by atoms with E-state index in [1.165, 1.54) is 22.4 Å². The number of benzene rings is 2. The molecule has 0 N–H and O–H groups in total. The summed E-state index contributed by atoms with van der Waals surface area (Å²) in [6.07, 6.45) is 5.27. The van der Waals surface area contributed by atoms with E-state index in [1.807, 2.05) is 41.0 Å². The summed E-state index contributed by atoms with van der Waals surface area (Å²) in [6.45, 7) is 2.13. The van der Waals surface area contributed by atoms with Gasteiger partial charge in [-0.15, -0.1) is 11.3 Å². The van der Waals surface area contributed by atoms with Gasteiger partial charge in [0.2, 0.25) is 0 Å². The van der Waals surface area contributed by atoms with Crippen LogP contribution in [-0.2, 0) is 19.3 Å². The Hall–Kier alpha value is -2.72. The molecule has 29 heavy (non-hydrogen) atoms. The van der Waals surface area contributed by atoms with Gasteiger partial charge in [-0.1, -0.05) is 60.7 Å². The van der Waals surface area contributed by atoms with E-state index in [0.29, 0.717) is 0 Å². The van der Waals surface area contributed by atoms with Crippen molar-refractivity contribution in [2.45, 2.75) is 45.1 Å². The first-order chi connectivity index (χ1) is 14.2. The van der Waals surface area contributed by atoms with Crippen LogP contribution in [-0.4, -0.2) is 9.55 Å². The molecule has 0 saturated carbocycles. The Bertz CT molecular complexity index is 1210. The van der Waals surface area contributed by atoms with Gasteiger partial charge in [0.25, 0.3) is 5.56 Å². The molecule has 0 saturated heterocycles. The van der Waals surface area contributed by atoms with Gasteiger partial charge >= 0.3 is 0 Å². The highest BCUT2D eigenvalue weighted by Crippen LogP contribution is 2.35. The van der Waals surface area contributed by atoms with E-state index < -0.39 is 0 Å². The summed E-state index contributed by atoms with van der Waals surface area (Å²) in [5.74, 6) is 0.783. The zero-order chi connectivity index (χ0) is 19.8. The maximum absolute atomic E-state index is 13.8. The monoisotopic (exact) mass is 400 g/mol. The molecule has 1 atom stereocenters. The highest BCUT2D eigenvalue weighted by Gasteiger charge is 2.24. The van der Waals surface area contributed by atoms with Crippen LogP contribution in [0.25, 0.3) is 21.6 Å². The van der Waals surface area contributed by atoms with Gasteiger partial charge in [0.15, 0.2) is 0 Å². The zero-order valence-corrected chi connectivity index (χ0v) is 17.4. The van der Waals surface area contributed by atoms with E-state index in [0.717, 1.165) is 47.3 Å². The summed E-state index contributed by atoms with van der Waals surface area (Å²) in [5, 5.41) is 0.865. The lowest BCUT2D eigenvalue weighted by molar-refractivity contribution is 0.530. The van der Waals surface area contributed by atoms with Gasteiger partial charge in [-0.25, -0.2) is 4.98 Å². The maximum atomic E-state index is 13.8. The van der Waals surface area contributed by atoms with Gasteiger partial charge in [-0.2, -0.15) is 0 Å². The Kier molecular flexibility index (Phi) is 4.80. The minimum absolute atomic E-state index is 0.0242. The standard InChI is InChI=1S/C25H24N2OS/c1-17(16-18-10-4-2-5-11-18)27-23(19-12-6-3-7-13-19)26-24-22(25(27)28)20-14-8-9-15-21(20)29-24/h2-7,10-13,17H,8-9,14-16H2,1H3/t17-/m0/s1. The van der Waals surface area contributed by atoms with Gasteiger partial charge < -0.3 is 0 Å². The fraction of sp³-hybridized carbons (Fsp3) is 0.280. The first-order valence-corrected chi connectivity index (χ1v) is 11.2. The van der Waals surface area contributed by atoms with Crippen molar-refractivity contribution in [3.63, 3.8) is 0 Å². The van der Waals surface area contributed by atoms with Crippen molar-refractivity contribution < 1.29 is 0 Å². The summed E-state index contributed by atoms with van der Waals surface area (Å²) in [7, 11) is 0. The minimum Gasteiger partial charge on any atom is -0.289 e. The average molecular weight is 401 g/mol. The molecule has 0 unspecified atom stereocenters. The Morgan fingerprint density at radius 3 is 2.45 bits per heavy atom. The van der Waals surface area contributed by atoms with Crippen LogP contribution in [0.3, 0.4) is 0 Å². The SMILES string of the molecule is C[C@@H](Cc1ccccc1)n1c(-c2ccccc2)nc2sc3c(c2c1=O)CCCC3. The Morgan fingerprint density at radius 2 is 1.69 bits per heavy atom. The Labute approximate surface area is 174 Å².